The molecule has 0 unspecified atom stereocenters. The minimum absolute atomic E-state index is 0.158. The van der Waals surface area contributed by atoms with E-state index in [1.165, 1.54) is 0 Å². The molecule has 3 amide bonds. The molecule has 1 heterocycles. The van der Waals surface area contributed by atoms with Crippen molar-refractivity contribution in [2.75, 3.05) is 19.7 Å². The first kappa shape index (κ1) is 11.7. The predicted molar refractivity (Wildman–Crippen MR) is 62.1 cm³/mol. The van der Waals surface area contributed by atoms with Gasteiger partial charge in [0.1, 0.15) is 5.75 Å². The van der Waals surface area contributed by atoms with E-state index in [2.05, 4.69) is 5.32 Å². The molecule has 5 nitrogen and oxygen atoms in total. The molecule has 0 aromatic heterocycles. The zero-order valence-electron chi connectivity index (χ0n) is 8.98. The Labute approximate surface area is 103 Å². The van der Waals surface area contributed by atoms with Gasteiger partial charge in [-0.3, -0.25) is 9.69 Å². The van der Waals surface area contributed by atoms with Gasteiger partial charge in [-0.1, -0.05) is 11.6 Å². The molecule has 17 heavy (non-hydrogen) atoms. The van der Waals surface area contributed by atoms with E-state index in [9.17, 15) is 9.59 Å². The molecule has 0 spiro atoms. The minimum atomic E-state index is -0.366. The molecule has 0 saturated carbocycles. The van der Waals surface area contributed by atoms with E-state index in [0.29, 0.717) is 23.9 Å². The number of urea groups is 1. The van der Waals surface area contributed by atoms with Crippen molar-refractivity contribution in [1.82, 2.24) is 10.2 Å². The first-order chi connectivity index (χ1) is 8.16. The van der Waals surface area contributed by atoms with Gasteiger partial charge in [0.15, 0.2) is 6.61 Å². The average molecular weight is 255 g/mol. The van der Waals surface area contributed by atoms with Gasteiger partial charge in [0.25, 0.3) is 5.91 Å². The van der Waals surface area contributed by atoms with E-state index < -0.39 is 0 Å². The van der Waals surface area contributed by atoms with Crippen molar-refractivity contribution in [2.45, 2.75) is 0 Å². The van der Waals surface area contributed by atoms with Crippen LogP contribution in [0.5, 0.6) is 5.75 Å². The van der Waals surface area contributed by atoms with Crippen LogP contribution in [0.4, 0.5) is 4.79 Å². The fourth-order valence-electron chi connectivity index (χ4n) is 1.46. The van der Waals surface area contributed by atoms with E-state index >= 15 is 0 Å². The van der Waals surface area contributed by atoms with Gasteiger partial charge in [0, 0.05) is 18.1 Å². The van der Waals surface area contributed by atoms with E-state index in [1.54, 1.807) is 24.3 Å². The van der Waals surface area contributed by atoms with E-state index in [1.807, 2.05) is 0 Å². The van der Waals surface area contributed by atoms with Gasteiger partial charge >= 0.3 is 6.03 Å². The second kappa shape index (κ2) is 5.05. The number of carbonyl (C=O) groups is 2. The SMILES string of the molecule is O=C(COc1ccc(Cl)cc1)N1CCNC1=O. The van der Waals surface area contributed by atoms with Gasteiger partial charge in [0.05, 0.1) is 0 Å². The Morgan fingerprint density at radius 3 is 2.71 bits per heavy atom. The summed E-state index contributed by atoms with van der Waals surface area (Å²) in [6.45, 7) is 0.724. The molecule has 1 aromatic carbocycles. The number of amides is 3. The van der Waals surface area contributed by atoms with Crippen LogP contribution in [-0.4, -0.2) is 36.5 Å². The van der Waals surface area contributed by atoms with Gasteiger partial charge in [0.2, 0.25) is 0 Å². The number of carbonyl (C=O) groups excluding carboxylic acids is 2. The number of hydrogen-bond acceptors (Lipinski definition) is 3. The standard InChI is InChI=1S/C11H11ClN2O3/c12-8-1-3-9(4-2-8)17-7-10(15)14-6-5-13-11(14)16/h1-4H,5-7H2,(H,13,16). The summed E-state index contributed by atoms with van der Waals surface area (Å²) in [4.78, 5) is 23.9. The summed E-state index contributed by atoms with van der Waals surface area (Å²) in [7, 11) is 0. The second-order valence-electron chi connectivity index (χ2n) is 3.52. The third kappa shape index (κ3) is 2.88. The van der Waals surface area contributed by atoms with Crippen LogP contribution in [0.2, 0.25) is 5.02 Å². The molecular weight excluding hydrogens is 244 g/mol. The summed E-state index contributed by atoms with van der Waals surface area (Å²) < 4.78 is 5.25. The number of imide groups is 1. The van der Waals surface area contributed by atoms with E-state index in [0.717, 1.165) is 4.90 Å². The molecule has 1 aliphatic rings. The van der Waals surface area contributed by atoms with E-state index in [4.69, 9.17) is 16.3 Å². The van der Waals surface area contributed by atoms with Crippen LogP contribution in [0.3, 0.4) is 0 Å². The van der Waals surface area contributed by atoms with Crippen molar-refractivity contribution in [3.8, 4) is 5.75 Å². The second-order valence-corrected chi connectivity index (χ2v) is 3.96. The maximum absolute atomic E-state index is 11.6. The number of hydrogen-bond donors (Lipinski definition) is 1. The van der Waals surface area contributed by atoms with Gasteiger partial charge < -0.3 is 10.1 Å². The maximum atomic E-state index is 11.6. The monoisotopic (exact) mass is 254 g/mol. The molecule has 0 aliphatic carbocycles. The highest BCUT2D eigenvalue weighted by molar-refractivity contribution is 6.30. The molecule has 0 radical (unpaired) electrons. The molecule has 1 saturated heterocycles. The Kier molecular flexibility index (Phi) is 3.49. The van der Waals surface area contributed by atoms with Crippen molar-refractivity contribution in [3.63, 3.8) is 0 Å². The Morgan fingerprint density at radius 1 is 1.41 bits per heavy atom. The smallest absolute Gasteiger partial charge is 0.324 e. The van der Waals surface area contributed by atoms with Crippen LogP contribution in [0.25, 0.3) is 0 Å². The minimum Gasteiger partial charge on any atom is -0.484 e. The van der Waals surface area contributed by atoms with Crippen molar-refractivity contribution >= 4 is 23.5 Å². The third-order valence-corrected chi connectivity index (χ3v) is 2.59. The Balaban J connectivity index is 1.87. The zero-order valence-corrected chi connectivity index (χ0v) is 9.74. The number of ether oxygens (including phenoxy) is 1. The fraction of sp³-hybridized carbons (Fsp3) is 0.273. The van der Waals surface area contributed by atoms with Crippen molar-refractivity contribution in [2.24, 2.45) is 0 Å². The maximum Gasteiger partial charge on any atom is 0.324 e. The van der Waals surface area contributed by atoms with Crippen LogP contribution in [0.15, 0.2) is 24.3 Å². The van der Waals surface area contributed by atoms with Crippen LogP contribution < -0.4 is 10.1 Å². The van der Waals surface area contributed by atoms with Crippen molar-refractivity contribution < 1.29 is 14.3 Å². The van der Waals surface area contributed by atoms with Crippen molar-refractivity contribution in [3.05, 3.63) is 29.3 Å². The van der Waals surface area contributed by atoms with Gasteiger partial charge in [-0.2, -0.15) is 0 Å². The van der Waals surface area contributed by atoms with Crippen LogP contribution in [0.1, 0.15) is 0 Å². The summed E-state index contributed by atoms with van der Waals surface area (Å²) in [6.07, 6.45) is 0. The number of benzene rings is 1. The lowest BCUT2D eigenvalue weighted by Crippen LogP contribution is -2.37. The number of halogens is 1. The summed E-state index contributed by atoms with van der Waals surface area (Å²) in [5.41, 5.74) is 0. The van der Waals surface area contributed by atoms with Crippen LogP contribution in [0, 0.1) is 0 Å². The summed E-state index contributed by atoms with van der Waals surface area (Å²) in [5, 5.41) is 3.15. The highest BCUT2D eigenvalue weighted by Gasteiger charge is 2.26. The molecular formula is C11H11ClN2O3. The molecule has 6 heteroatoms. The summed E-state index contributed by atoms with van der Waals surface area (Å²) in [5.74, 6) is 0.192. The number of rotatable bonds is 3. The third-order valence-electron chi connectivity index (χ3n) is 2.33. The Hall–Kier alpha value is -1.75. The lowest BCUT2D eigenvalue weighted by atomic mass is 10.3. The molecule has 0 bridgehead atoms. The van der Waals surface area contributed by atoms with Crippen LogP contribution in [-0.2, 0) is 4.79 Å². The lowest BCUT2D eigenvalue weighted by Gasteiger charge is -2.12. The average Bonchev–Trinajstić information content (AvgIpc) is 2.74. The molecule has 90 valence electrons. The van der Waals surface area contributed by atoms with Crippen molar-refractivity contribution in [1.29, 1.82) is 0 Å². The van der Waals surface area contributed by atoms with Gasteiger partial charge in [-0.05, 0) is 24.3 Å². The number of nitrogens with zero attached hydrogens (tertiary/aromatic N) is 1. The molecule has 1 N–H and O–H groups in total. The molecule has 0 atom stereocenters. The normalized spacial score (nSPS) is 14.6. The first-order valence-corrected chi connectivity index (χ1v) is 5.51. The molecule has 2 rings (SSSR count). The summed E-state index contributed by atoms with van der Waals surface area (Å²) >= 11 is 5.71. The highest BCUT2D eigenvalue weighted by Crippen LogP contribution is 2.15. The lowest BCUT2D eigenvalue weighted by molar-refractivity contribution is -0.129. The van der Waals surface area contributed by atoms with Gasteiger partial charge in [-0.15, -0.1) is 0 Å². The predicted octanol–water partition coefficient (Wildman–Crippen LogP) is 1.27. The molecule has 1 aromatic rings. The Bertz CT molecular complexity index is 433. The number of nitrogens with one attached hydrogen (secondary N) is 1. The largest absolute Gasteiger partial charge is 0.484 e. The quantitative estimate of drug-likeness (QED) is 0.884. The topological polar surface area (TPSA) is 58.6 Å². The molecule has 1 fully saturated rings. The van der Waals surface area contributed by atoms with E-state index in [-0.39, 0.29) is 18.5 Å². The highest BCUT2D eigenvalue weighted by atomic mass is 35.5. The van der Waals surface area contributed by atoms with Crippen LogP contribution >= 0.6 is 11.6 Å². The summed E-state index contributed by atoms with van der Waals surface area (Å²) in [6, 6.07) is 6.31. The Morgan fingerprint density at radius 2 is 2.12 bits per heavy atom. The fourth-order valence-corrected chi connectivity index (χ4v) is 1.59. The first-order valence-electron chi connectivity index (χ1n) is 5.13. The van der Waals surface area contributed by atoms with Gasteiger partial charge in [-0.25, -0.2) is 4.79 Å². The molecule has 1 aliphatic heterocycles. The zero-order chi connectivity index (χ0) is 12.3.